The minimum atomic E-state index is 0. The first-order valence-electron chi connectivity index (χ1n) is 18.4. The van der Waals surface area contributed by atoms with Crippen LogP contribution in [0.3, 0.4) is 0 Å². The van der Waals surface area contributed by atoms with Crippen molar-refractivity contribution < 1.29 is 25.8 Å². The molecule has 0 saturated carbocycles. The first kappa shape index (κ1) is 37.3. The van der Waals surface area contributed by atoms with Crippen LogP contribution in [0.15, 0.2) is 97.5 Å². The Labute approximate surface area is 323 Å². The number of rotatable bonds is 11. The van der Waals surface area contributed by atoms with E-state index in [2.05, 4.69) is 151 Å². The standard InChI is InChI=1S/C46H48N4O.Pt/c1-29(2)20-34-12-11-13-35(21-30(3)4)46(34)37-27-48-49(28-37)38-22-36(32(7)8)23-40(25-38)51-39-16-17-42-41-14-9-10-15-43(41)50(44(42)26-39)45-24-33(31(5)6)18-19-47-45;/h9-19,22-24,27-32H,20-21H2,1-8H3;/q-2;+2. The van der Waals surface area contributed by atoms with Crippen molar-refractivity contribution in [1.82, 2.24) is 19.3 Å². The largest absolute Gasteiger partial charge is 2.00 e. The third-order valence-electron chi connectivity index (χ3n) is 9.57. The summed E-state index contributed by atoms with van der Waals surface area (Å²) in [5.41, 5.74) is 10.5. The van der Waals surface area contributed by atoms with Crippen LogP contribution in [0.1, 0.15) is 89.5 Å². The number of hydrogen-bond donors (Lipinski definition) is 0. The number of fused-ring (bicyclic) bond motifs is 3. The Bertz CT molecular complexity index is 2300. The second-order valence-electron chi connectivity index (χ2n) is 15.3. The molecule has 4 aromatic carbocycles. The number of pyridine rings is 1. The van der Waals surface area contributed by atoms with Crippen LogP contribution in [-0.4, -0.2) is 19.3 Å². The molecule has 52 heavy (non-hydrogen) atoms. The number of ether oxygens (including phenoxy) is 1. The average Bonchev–Trinajstić information content (AvgIpc) is 3.71. The summed E-state index contributed by atoms with van der Waals surface area (Å²) in [4.78, 5) is 4.80. The monoisotopic (exact) mass is 867 g/mol. The predicted octanol–water partition coefficient (Wildman–Crippen LogP) is 12.1. The number of para-hydroxylation sites is 1. The molecule has 0 spiro atoms. The van der Waals surface area contributed by atoms with Crippen LogP contribution in [0.2, 0.25) is 0 Å². The molecule has 3 aromatic heterocycles. The van der Waals surface area contributed by atoms with E-state index in [0.717, 1.165) is 57.3 Å². The second-order valence-corrected chi connectivity index (χ2v) is 15.3. The fourth-order valence-corrected chi connectivity index (χ4v) is 7.09. The van der Waals surface area contributed by atoms with Crippen molar-refractivity contribution in [3.63, 3.8) is 0 Å². The zero-order valence-electron chi connectivity index (χ0n) is 31.5. The van der Waals surface area contributed by atoms with Crippen molar-refractivity contribution in [1.29, 1.82) is 0 Å². The summed E-state index contributed by atoms with van der Waals surface area (Å²) < 4.78 is 10.8. The molecule has 7 rings (SSSR count). The smallest absolute Gasteiger partial charge is 0.509 e. The third kappa shape index (κ3) is 7.66. The molecule has 7 aromatic rings. The van der Waals surface area contributed by atoms with Gasteiger partial charge in [0.05, 0.1) is 6.20 Å². The van der Waals surface area contributed by atoms with E-state index < -0.39 is 0 Å². The molecule has 268 valence electrons. The Morgan fingerprint density at radius 1 is 0.692 bits per heavy atom. The molecule has 0 saturated heterocycles. The van der Waals surface area contributed by atoms with E-state index in [9.17, 15) is 0 Å². The molecule has 0 aliphatic heterocycles. The minimum Gasteiger partial charge on any atom is -0.509 e. The van der Waals surface area contributed by atoms with E-state index in [1.54, 1.807) is 0 Å². The van der Waals surface area contributed by atoms with Gasteiger partial charge in [-0.05, 0) is 88.0 Å². The molecular formula is C46H48N4OPt. The van der Waals surface area contributed by atoms with Crippen molar-refractivity contribution >= 4 is 21.8 Å². The van der Waals surface area contributed by atoms with Gasteiger partial charge in [-0.15, -0.1) is 41.3 Å². The third-order valence-corrected chi connectivity index (χ3v) is 9.57. The summed E-state index contributed by atoms with van der Waals surface area (Å²) in [5.74, 6) is 3.92. The van der Waals surface area contributed by atoms with Crippen molar-refractivity contribution in [2.45, 2.75) is 80.1 Å². The molecule has 0 N–H and O–H groups in total. The quantitative estimate of drug-likeness (QED) is 0.122. The van der Waals surface area contributed by atoms with E-state index in [4.69, 9.17) is 14.8 Å². The normalized spacial score (nSPS) is 11.8. The molecule has 0 unspecified atom stereocenters. The Balaban J connectivity index is 0.00000464. The molecular weight excluding hydrogens is 820 g/mol. The molecule has 5 nitrogen and oxygen atoms in total. The van der Waals surface area contributed by atoms with Gasteiger partial charge in [0.2, 0.25) is 0 Å². The van der Waals surface area contributed by atoms with Gasteiger partial charge in [0.1, 0.15) is 5.82 Å². The van der Waals surface area contributed by atoms with Gasteiger partial charge < -0.3 is 9.30 Å². The maximum Gasteiger partial charge on any atom is 2.00 e. The maximum absolute atomic E-state index is 6.62. The van der Waals surface area contributed by atoms with Crippen LogP contribution in [0.5, 0.6) is 11.5 Å². The van der Waals surface area contributed by atoms with Gasteiger partial charge in [-0.25, -0.2) is 4.98 Å². The van der Waals surface area contributed by atoms with Gasteiger partial charge in [0, 0.05) is 35.0 Å². The van der Waals surface area contributed by atoms with Gasteiger partial charge in [-0.2, -0.15) is 11.2 Å². The van der Waals surface area contributed by atoms with Crippen LogP contribution in [0.25, 0.3) is 44.4 Å². The molecule has 0 aliphatic rings. The van der Waals surface area contributed by atoms with E-state index in [-0.39, 0.29) is 27.0 Å². The Kier molecular flexibility index (Phi) is 11.2. The van der Waals surface area contributed by atoms with Crippen LogP contribution in [-0.2, 0) is 33.9 Å². The average molecular weight is 868 g/mol. The van der Waals surface area contributed by atoms with E-state index in [1.807, 2.05) is 23.1 Å². The van der Waals surface area contributed by atoms with Crippen LogP contribution in [0, 0.1) is 24.0 Å². The fourth-order valence-electron chi connectivity index (χ4n) is 7.09. The Morgan fingerprint density at radius 3 is 2.10 bits per heavy atom. The van der Waals surface area contributed by atoms with Crippen LogP contribution < -0.4 is 4.74 Å². The molecule has 0 amide bonds. The number of hydrogen-bond acceptors (Lipinski definition) is 3. The summed E-state index contributed by atoms with van der Waals surface area (Å²) in [6.45, 7) is 18.0. The minimum absolute atomic E-state index is 0. The fraction of sp³-hybridized carbons (Fsp3) is 0.304. The van der Waals surface area contributed by atoms with Crippen molar-refractivity contribution in [3.8, 4) is 34.1 Å². The molecule has 3 heterocycles. The first-order valence-corrected chi connectivity index (χ1v) is 18.4. The first-order chi connectivity index (χ1) is 24.5. The number of aromatic nitrogens is 4. The van der Waals surface area contributed by atoms with E-state index >= 15 is 0 Å². The van der Waals surface area contributed by atoms with Crippen molar-refractivity contribution in [3.05, 3.63) is 132 Å². The summed E-state index contributed by atoms with van der Waals surface area (Å²) in [7, 11) is 0. The predicted molar refractivity (Wildman–Crippen MR) is 211 cm³/mol. The molecule has 0 fully saturated rings. The van der Waals surface area contributed by atoms with Gasteiger partial charge >= 0.3 is 21.1 Å². The second kappa shape index (κ2) is 15.6. The molecule has 6 heteroatoms. The van der Waals surface area contributed by atoms with Crippen molar-refractivity contribution in [2.24, 2.45) is 11.8 Å². The number of nitrogens with zero attached hydrogens (tertiary/aromatic N) is 4. The summed E-state index contributed by atoms with van der Waals surface area (Å²) in [6.07, 6.45) is 8.10. The van der Waals surface area contributed by atoms with Gasteiger partial charge in [0.25, 0.3) is 0 Å². The topological polar surface area (TPSA) is 44.9 Å². The maximum atomic E-state index is 6.62. The Hall–Kier alpha value is -4.47. The van der Waals surface area contributed by atoms with Crippen LogP contribution in [0.4, 0.5) is 0 Å². The van der Waals surface area contributed by atoms with E-state index in [0.29, 0.717) is 29.3 Å². The van der Waals surface area contributed by atoms with E-state index in [1.165, 1.54) is 22.3 Å². The van der Waals surface area contributed by atoms with Crippen molar-refractivity contribution in [2.75, 3.05) is 0 Å². The summed E-state index contributed by atoms with van der Waals surface area (Å²) >= 11 is 0. The molecule has 0 bridgehead atoms. The Morgan fingerprint density at radius 2 is 1.40 bits per heavy atom. The van der Waals surface area contributed by atoms with Gasteiger partial charge in [-0.1, -0.05) is 97.3 Å². The van der Waals surface area contributed by atoms with Gasteiger partial charge in [0.15, 0.2) is 0 Å². The molecule has 0 atom stereocenters. The summed E-state index contributed by atoms with van der Waals surface area (Å²) in [5, 5.41) is 7.16. The molecule has 0 aliphatic carbocycles. The zero-order valence-corrected chi connectivity index (χ0v) is 33.7. The number of benzene rings is 4. The zero-order chi connectivity index (χ0) is 35.8. The molecule has 0 radical (unpaired) electrons. The summed E-state index contributed by atoms with van der Waals surface area (Å²) in [6, 6.07) is 35.0. The van der Waals surface area contributed by atoms with Crippen LogP contribution >= 0.6 is 0 Å². The van der Waals surface area contributed by atoms with Gasteiger partial charge in [-0.3, -0.25) is 4.68 Å². The SMILES string of the molecule is CC(C)Cc1cccc(CC(C)C)c1-c1cnn(-c2[c-]c(Oc3[c-]c4c(cc3)c3ccccc3n4-c3cc(C(C)C)ccn3)cc(C(C)C)c2)c1.[Pt+2].